The second-order valence-corrected chi connectivity index (χ2v) is 11.9. The number of rotatable bonds is 7. The molecule has 0 fully saturated rings. The molecule has 0 amide bonds. The van der Waals surface area contributed by atoms with Crippen molar-refractivity contribution in [3.8, 4) is 5.75 Å². The molecule has 0 spiro atoms. The van der Waals surface area contributed by atoms with E-state index >= 15 is 0 Å². The molecule has 8 nitrogen and oxygen atoms in total. The van der Waals surface area contributed by atoms with Crippen LogP contribution in [-0.4, -0.2) is 49.5 Å². The first-order chi connectivity index (χ1) is 17.9. The van der Waals surface area contributed by atoms with Gasteiger partial charge in [-0.05, 0) is 64.1 Å². The molecule has 2 aromatic rings. The maximum absolute atomic E-state index is 13.4. The van der Waals surface area contributed by atoms with Gasteiger partial charge in [0, 0.05) is 5.56 Å². The molecule has 0 aliphatic carbocycles. The topological polar surface area (TPSA) is 119 Å². The van der Waals surface area contributed by atoms with E-state index in [0.29, 0.717) is 22.3 Å². The van der Waals surface area contributed by atoms with E-state index in [0.717, 1.165) is 18.2 Å². The summed E-state index contributed by atoms with van der Waals surface area (Å²) >= 11 is 0. The Kier molecular flexibility index (Phi) is 9.61. The normalized spacial score (nSPS) is 14.3. The molecule has 3 unspecified atom stereocenters. The molecule has 214 valence electrons. The van der Waals surface area contributed by atoms with Crippen molar-refractivity contribution in [1.82, 2.24) is 0 Å². The van der Waals surface area contributed by atoms with Crippen LogP contribution >= 0.6 is 0 Å². The zero-order valence-corrected chi connectivity index (χ0v) is 24.9. The molecule has 0 saturated heterocycles. The number of aromatic hydroxyl groups is 1. The Morgan fingerprint density at radius 3 is 1.59 bits per heavy atom. The number of methoxy groups -OCH3 is 3. The number of benzene rings is 2. The van der Waals surface area contributed by atoms with Crippen molar-refractivity contribution in [2.75, 3.05) is 21.3 Å². The fraction of sp³-hybridized carbons (Fsp3) is 0.516. The first-order valence-corrected chi connectivity index (χ1v) is 12.8. The molecular formula is C31H42O8. The Balaban J connectivity index is 3.02. The third-order valence-corrected chi connectivity index (χ3v) is 7.09. The molecule has 8 heteroatoms. The Hall–Kier alpha value is -3.39. The minimum Gasteiger partial charge on any atom is -0.507 e. The zero-order valence-electron chi connectivity index (χ0n) is 24.9. The smallest absolute Gasteiger partial charge is 0.339 e. The standard InChI is InChI=1S/C31H42O8/c1-16-20(17(2)27(34)37-9)12-18(14-22(16)30(3,4)5)24(28(35)38-10)19-13-21(26(33)29(36)39-11)25(32)23(15-19)31(6,7)8/h12-15,17,24,26,32-33H,1-11H3. The van der Waals surface area contributed by atoms with E-state index in [9.17, 15) is 24.6 Å². The number of ether oxygens (including phenoxy) is 3. The number of aliphatic hydroxyl groups is 1. The third kappa shape index (κ3) is 6.61. The second kappa shape index (κ2) is 11.8. The molecule has 0 aliphatic rings. The number of esters is 3. The quantitative estimate of drug-likeness (QED) is 0.367. The molecule has 3 atom stereocenters. The molecule has 0 heterocycles. The molecule has 2 aromatic carbocycles. The number of aliphatic hydroxyl groups excluding tert-OH is 1. The highest BCUT2D eigenvalue weighted by molar-refractivity contribution is 5.84. The van der Waals surface area contributed by atoms with Gasteiger partial charge in [-0.2, -0.15) is 0 Å². The van der Waals surface area contributed by atoms with E-state index in [2.05, 4.69) is 0 Å². The maximum Gasteiger partial charge on any atom is 0.339 e. The highest BCUT2D eigenvalue weighted by atomic mass is 16.5. The van der Waals surface area contributed by atoms with Crippen LogP contribution in [0.5, 0.6) is 5.75 Å². The largest absolute Gasteiger partial charge is 0.507 e. The number of phenolic OH excluding ortho intramolecular Hbond substituents is 1. The highest BCUT2D eigenvalue weighted by Gasteiger charge is 2.34. The van der Waals surface area contributed by atoms with Crippen LogP contribution < -0.4 is 0 Å². The zero-order chi connectivity index (χ0) is 30.0. The van der Waals surface area contributed by atoms with E-state index < -0.39 is 41.3 Å². The molecule has 39 heavy (non-hydrogen) atoms. The minimum atomic E-state index is -1.77. The first-order valence-electron chi connectivity index (χ1n) is 12.8. The molecule has 0 aromatic heterocycles. The van der Waals surface area contributed by atoms with Crippen molar-refractivity contribution < 1.29 is 38.8 Å². The van der Waals surface area contributed by atoms with Gasteiger partial charge >= 0.3 is 17.9 Å². The Labute approximate surface area is 231 Å². The van der Waals surface area contributed by atoms with Crippen molar-refractivity contribution in [3.63, 3.8) is 0 Å². The van der Waals surface area contributed by atoms with Crippen molar-refractivity contribution in [3.05, 3.63) is 63.2 Å². The average Bonchev–Trinajstić information content (AvgIpc) is 2.86. The summed E-state index contributed by atoms with van der Waals surface area (Å²) in [5, 5.41) is 21.8. The molecule has 0 radical (unpaired) electrons. The molecular weight excluding hydrogens is 500 g/mol. The average molecular weight is 543 g/mol. The van der Waals surface area contributed by atoms with Gasteiger partial charge in [0.2, 0.25) is 0 Å². The number of carbonyl (C=O) groups excluding carboxylic acids is 3. The van der Waals surface area contributed by atoms with Crippen LogP contribution in [0.4, 0.5) is 0 Å². The molecule has 2 rings (SSSR count). The summed E-state index contributed by atoms with van der Waals surface area (Å²) in [5.74, 6) is -3.79. The lowest BCUT2D eigenvalue weighted by Crippen LogP contribution is -2.23. The lowest BCUT2D eigenvalue weighted by atomic mass is 9.76. The molecule has 2 N–H and O–H groups in total. The number of hydrogen-bond donors (Lipinski definition) is 2. The fourth-order valence-corrected chi connectivity index (χ4v) is 4.91. The molecule has 0 aliphatic heterocycles. The summed E-state index contributed by atoms with van der Waals surface area (Å²) in [6.45, 7) is 15.4. The van der Waals surface area contributed by atoms with E-state index in [1.807, 2.05) is 54.5 Å². The third-order valence-electron chi connectivity index (χ3n) is 7.09. The summed E-state index contributed by atoms with van der Waals surface area (Å²) in [7, 11) is 3.75. The van der Waals surface area contributed by atoms with Gasteiger partial charge in [0.1, 0.15) is 11.7 Å². The van der Waals surface area contributed by atoms with Gasteiger partial charge in [0.25, 0.3) is 0 Å². The number of phenols is 1. The lowest BCUT2D eigenvalue weighted by molar-refractivity contribution is -0.150. The van der Waals surface area contributed by atoms with E-state index in [-0.39, 0.29) is 16.7 Å². The van der Waals surface area contributed by atoms with Gasteiger partial charge < -0.3 is 24.4 Å². The maximum atomic E-state index is 13.4. The molecule has 0 saturated carbocycles. The van der Waals surface area contributed by atoms with Gasteiger partial charge in [-0.15, -0.1) is 0 Å². The van der Waals surface area contributed by atoms with Crippen molar-refractivity contribution >= 4 is 17.9 Å². The Morgan fingerprint density at radius 1 is 0.718 bits per heavy atom. The Morgan fingerprint density at radius 2 is 1.15 bits per heavy atom. The van der Waals surface area contributed by atoms with Gasteiger partial charge in [0.05, 0.1) is 27.2 Å². The summed E-state index contributed by atoms with van der Waals surface area (Å²) in [4.78, 5) is 38.2. The van der Waals surface area contributed by atoms with Crippen LogP contribution in [0.25, 0.3) is 0 Å². The lowest BCUT2D eigenvalue weighted by Gasteiger charge is -2.29. The van der Waals surface area contributed by atoms with Crippen LogP contribution in [0.2, 0.25) is 0 Å². The predicted octanol–water partition coefficient (Wildman–Crippen LogP) is 5.08. The van der Waals surface area contributed by atoms with Gasteiger partial charge in [-0.25, -0.2) is 4.79 Å². The van der Waals surface area contributed by atoms with Crippen LogP contribution in [0.1, 0.15) is 105 Å². The fourth-order valence-electron chi connectivity index (χ4n) is 4.91. The van der Waals surface area contributed by atoms with Gasteiger partial charge in [-0.1, -0.05) is 59.7 Å². The predicted molar refractivity (Wildman–Crippen MR) is 148 cm³/mol. The van der Waals surface area contributed by atoms with Crippen LogP contribution in [0.15, 0.2) is 24.3 Å². The summed E-state index contributed by atoms with van der Waals surface area (Å²) < 4.78 is 14.9. The van der Waals surface area contributed by atoms with Crippen molar-refractivity contribution in [2.45, 2.75) is 84.2 Å². The monoisotopic (exact) mass is 542 g/mol. The van der Waals surface area contributed by atoms with Crippen molar-refractivity contribution in [1.29, 1.82) is 0 Å². The summed E-state index contributed by atoms with van der Waals surface area (Å²) in [6.07, 6.45) is -1.77. The highest BCUT2D eigenvalue weighted by Crippen LogP contribution is 2.42. The van der Waals surface area contributed by atoms with Crippen LogP contribution in [0.3, 0.4) is 0 Å². The number of carbonyl (C=O) groups is 3. The summed E-state index contributed by atoms with van der Waals surface area (Å²) in [6, 6.07) is 6.83. The molecule has 0 bridgehead atoms. The number of hydrogen-bond acceptors (Lipinski definition) is 8. The van der Waals surface area contributed by atoms with E-state index in [4.69, 9.17) is 14.2 Å². The Bertz CT molecular complexity index is 1160. The minimum absolute atomic E-state index is 0.0792. The van der Waals surface area contributed by atoms with E-state index in [1.165, 1.54) is 20.3 Å². The van der Waals surface area contributed by atoms with Crippen LogP contribution in [-0.2, 0) is 39.4 Å². The SMILES string of the molecule is COC(=O)C(C)c1cc(C(C(=O)OC)c2cc(C(O)C(=O)OC)c(O)c(C(C)(C)C)c2)cc(C(C)(C)C)c1C. The van der Waals surface area contributed by atoms with Gasteiger partial charge in [-0.3, -0.25) is 9.59 Å². The van der Waals surface area contributed by atoms with Crippen molar-refractivity contribution in [2.24, 2.45) is 0 Å². The van der Waals surface area contributed by atoms with Crippen LogP contribution in [0, 0.1) is 6.92 Å². The second-order valence-electron chi connectivity index (χ2n) is 11.9. The summed E-state index contributed by atoms with van der Waals surface area (Å²) in [5.41, 5.74) is 2.93. The van der Waals surface area contributed by atoms with E-state index in [1.54, 1.807) is 19.1 Å². The van der Waals surface area contributed by atoms with Gasteiger partial charge in [0.15, 0.2) is 6.10 Å². The first kappa shape index (κ1) is 31.8.